The fraction of sp³-hybridized carbons (Fsp3) is 0.565. The molecule has 2 amide bonds. The van der Waals surface area contributed by atoms with Crippen molar-refractivity contribution in [3.63, 3.8) is 0 Å². The maximum absolute atomic E-state index is 12.8. The van der Waals surface area contributed by atoms with Gasteiger partial charge < -0.3 is 24.3 Å². The highest BCUT2D eigenvalue weighted by atomic mass is 16.5. The van der Waals surface area contributed by atoms with Gasteiger partial charge in [-0.25, -0.2) is 4.79 Å². The summed E-state index contributed by atoms with van der Waals surface area (Å²) < 4.78 is 7.48. The summed E-state index contributed by atoms with van der Waals surface area (Å²) in [5.41, 5.74) is 1.81. The summed E-state index contributed by atoms with van der Waals surface area (Å²) in [5.74, 6) is 1.24. The van der Waals surface area contributed by atoms with E-state index in [-0.39, 0.29) is 17.9 Å². The summed E-state index contributed by atoms with van der Waals surface area (Å²) in [6.07, 6.45) is 2.48. The van der Waals surface area contributed by atoms with Crippen molar-refractivity contribution in [2.75, 3.05) is 63.9 Å². The molecule has 2 aliphatic rings. The molecule has 2 saturated heterocycles. The Kier molecular flexibility index (Phi) is 6.77. The summed E-state index contributed by atoms with van der Waals surface area (Å²) in [6.45, 7) is 10.9. The van der Waals surface area contributed by atoms with Crippen LogP contribution in [0.25, 0.3) is 5.52 Å². The van der Waals surface area contributed by atoms with E-state index in [1.54, 1.807) is 0 Å². The van der Waals surface area contributed by atoms with Gasteiger partial charge in [0.05, 0.1) is 13.2 Å². The predicted octanol–water partition coefficient (Wildman–Crippen LogP) is 2.08. The molecule has 8 nitrogen and oxygen atoms in total. The van der Waals surface area contributed by atoms with Gasteiger partial charge >= 0.3 is 6.03 Å². The molecule has 4 heterocycles. The van der Waals surface area contributed by atoms with E-state index in [1.165, 1.54) is 0 Å². The third-order valence-electron chi connectivity index (χ3n) is 6.01. The van der Waals surface area contributed by atoms with E-state index >= 15 is 0 Å². The van der Waals surface area contributed by atoms with Crippen LogP contribution in [0.4, 0.5) is 10.6 Å². The quantitative estimate of drug-likeness (QED) is 0.715. The minimum atomic E-state index is 0.00261. The maximum Gasteiger partial charge on any atom is 0.317 e. The van der Waals surface area contributed by atoms with E-state index in [0.29, 0.717) is 19.5 Å². The Morgan fingerprint density at radius 1 is 1.00 bits per heavy atom. The number of carbonyl (C=O) groups is 2. The Bertz CT molecular complexity index is 911. The van der Waals surface area contributed by atoms with Gasteiger partial charge in [-0.05, 0) is 38.1 Å². The monoisotopic (exact) mass is 427 g/mol. The number of Topliss-reactive ketones (excluding diaryl/α,β-unsaturated/α-hetero) is 1. The molecule has 2 aromatic rings. The Labute approximate surface area is 183 Å². The molecule has 0 aliphatic carbocycles. The number of anilines is 1. The molecular formula is C23H33N5O3. The van der Waals surface area contributed by atoms with Crippen molar-refractivity contribution in [1.29, 1.82) is 0 Å². The van der Waals surface area contributed by atoms with E-state index in [1.807, 2.05) is 37.1 Å². The van der Waals surface area contributed by atoms with E-state index < -0.39 is 0 Å². The first-order valence-electron chi connectivity index (χ1n) is 11.3. The number of rotatable bonds is 6. The van der Waals surface area contributed by atoms with E-state index in [0.717, 1.165) is 62.8 Å². The van der Waals surface area contributed by atoms with Crippen molar-refractivity contribution in [3.8, 4) is 0 Å². The van der Waals surface area contributed by atoms with Crippen LogP contribution in [0, 0.1) is 0 Å². The Morgan fingerprint density at radius 3 is 2.42 bits per heavy atom. The topological polar surface area (TPSA) is 69.5 Å². The van der Waals surface area contributed by atoms with Crippen molar-refractivity contribution < 1.29 is 14.3 Å². The fourth-order valence-corrected chi connectivity index (χ4v) is 4.21. The van der Waals surface area contributed by atoms with Crippen molar-refractivity contribution in [3.05, 3.63) is 36.0 Å². The zero-order chi connectivity index (χ0) is 21.8. The van der Waals surface area contributed by atoms with Gasteiger partial charge in [0, 0.05) is 75.6 Å². The molecule has 2 fully saturated rings. The maximum atomic E-state index is 12.8. The van der Waals surface area contributed by atoms with Crippen LogP contribution >= 0.6 is 0 Å². The number of piperazine rings is 1. The van der Waals surface area contributed by atoms with Crippen LogP contribution in [0.3, 0.4) is 0 Å². The molecule has 4 rings (SSSR count). The molecule has 31 heavy (non-hydrogen) atoms. The molecule has 0 radical (unpaired) electrons. The van der Waals surface area contributed by atoms with Crippen LogP contribution in [0.2, 0.25) is 0 Å². The third-order valence-corrected chi connectivity index (χ3v) is 6.01. The number of hydrogen-bond donors (Lipinski definition) is 1. The summed E-state index contributed by atoms with van der Waals surface area (Å²) >= 11 is 0. The molecule has 8 heteroatoms. The molecular weight excluding hydrogens is 394 g/mol. The van der Waals surface area contributed by atoms with Crippen LogP contribution in [0.5, 0.6) is 0 Å². The first kappa shape index (κ1) is 21.6. The second-order valence-electron chi connectivity index (χ2n) is 8.61. The van der Waals surface area contributed by atoms with E-state index in [4.69, 9.17) is 4.74 Å². The van der Waals surface area contributed by atoms with Gasteiger partial charge in [-0.15, -0.1) is 0 Å². The molecule has 2 aliphatic heterocycles. The summed E-state index contributed by atoms with van der Waals surface area (Å²) in [4.78, 5) is 31.5. The first-order valence-corrected chi connectivity index (χ1v) is 11.3. The average molecular weight is 428 g/mol. The van der Waals surface area contributed by atoms with Gasteiger partial charge in [0.15, 0.2) is 5.78 Å². The van der Waals surface area contributed by atoms with Crippen LogP contribution in [0.15, 0.2) is 30.5 Å². The molecule has 0 atom stereocenters. The largest absolute Gasteiger partial charge is 0.379 e. The zero-order valence-corrected chi connectivity index (χ0v) is 18.5. The van der Waals surface area contributed by atoms with Gasteiger partial charge in [0.1, 0.15) is 5.82 Å². The van der Waals surface area contributed by atoms with Gasteiger partial charge in [0.25, 0.3) is 0 Å². The van der Waals surface area contributed by atoms with Gasteiger partial charge in [0.2, 0.25) is 0 Å². The molecule has 0 saturated carbocycles. The lowest BCUT2D eigenvalue weighted by Gasteiger charge is -2.36. The first-order chi connectivity index (χ1) is 15.0. The van der Waals surface area contributed by atoms with E-state index in [2.05, 4.69) is 31.7 Å². The summed E-state index contributed by atoms with van der Waals surface area (Å²) in [5, 5.41) is 2.96. The zero-order valence-electron chi connectivity index (χ0n) is 18.5. The minimum Gasteiger partial charge on any atom is -0.379 e. The lowest BCUT2D eigenvalue weighted by atomic mass is 10.1. The standard InChI is InChI=1S/C23H33N5O3/c1-18(2)24-23(30)27-11-9-26(10-12-27)22-6-5-20-4-3-19(17-28(20)22)21(29)7-8-25-13-15-31-16-14-25/h3-6,17-18H,7-16H2,1-2H3,(H,24,30). The van der Waals surface area contributed by atoms with E-state index in [9.17, 15) is 9.59 Å². The second kappa shape index (κ2) is 9.70. The molecule has 0 bridgehead atoms. The molecule has 2 aromatic heterocycles. The average Bonchev–Trinajstić information content (AvgIpc) is 3.21. The van der Waals surface area contributed by atoms with Crippen LogP contribution in [0.1, 0.15) is 30.6 Å². The number of nitrogens with zero attached hydrogens (tertiary/aromatic N) is 4. The van der Waals surface area contributed by atoms with Crippen molar-refractivity contribution >= 4 is 23.1 Å². The van der Waals surface area contributed by atoms with Crippen LogP contribution in [-0.2, 0) is 4.74 Å². The van der Waals surface area contributed by atoms with Crippen LogP contribution in [-0.4, -0.2) is 91.1 Å². The normalized spacial score (nSPS) is 18.0. The number of ketones is 1. The SMILES string of the molecule is CC(C)NC(=O)N1CCN(c2ccc3ccc(C(=O)CCN4CCOCC4)cn23)CC1. The lowest BCUT2D eigenvalue weighted by Crippen LogP contribution is -2.53. The van der Waals surface area contributed by atoms with Crippen molar-refractivity contribution in [1.82, 2.24) is 19.5 Å². The lowest BCUT2D eigenvalue weighted by molar-refractivity contribution is 0.0370. The number of pyridine rings is 1. The minimum absolute atomic E-state index is 0.00261. The molecule has 168 valence electrons. The fourth-order valence-electron chi connectivity index (χ4n) is 4.21. The van der Waals surface area contributed by atoms with Gasteiger partial charge in [-0.3, -0.25) is 9.69 Å². The molecule has 0 aromatic carbocycles. The highest BCUT2D eigenvalue weighted by molar-refractivity contribution is 5.96. The Hall–Kier alpha value is -2.58. The van der Waals surface area contributed by atoms with Crippen LogP contribution < -0.4 is 10.2 Å². The molecule has 1 N–H and O–H groups in total. The second-order valence-corrected chi connectivity index (χ2v) is 8.61. The van der Waals surface area contributed by atoms with Crippen molar-refractivity contribution in [2.24, 2.45) is 0 Å². The third kappa shape index (κ3) is 5.19. The molecule has 0 spiro atoms. The number of ether oxygens (including phenoxy) is 1. The molecule has 0 unspecified atom stereocenters. The number of aromatic nitrogens is 1. The Balaban J connectivity index is 1.40. The predicted molar refractivity (Wildman–Crippen MR) is 121 cm³/mol. The summed E-state index contributed by atoms with van der Waals surface area (Å²) in [7, 11) is 0. The number of fused-ring (bicyclic) bond motifs is 1. The highest BCUT2D eigenvalue weighted by Gasteiger charge is 2.23. The number of carbonyl (C=O) groups excluding carboxylic acids is 2. The number of nitrogens with one attached hydrogen (secondary N) is 1. The van der Waals surface area contributed by atoms with Gasteiger partial charge in [-0.2, -0.15) is 0 Å². The number of morpholine rings is 1. The van der Waals surface area contributed by atoms with Gasteiger partial charge in [-0.1, -0.05) is 0 Å². The Morgan fingerprint density at radius 2 is 1.71 bits per heavy atom. The summed E-state index contributed by atoms with van der Waals surface area (Å²) in [6, 6.07) is 8.26. The number of hydrogen-bond acceptors (Lipinski definition) is 5. The number of urea groups is 1. The highest BCUT2D eigenvalue weighted by Crippen LogP contribution is 2.22. The smallest absolute Gasteiger partial charge is 0.317 e. The number of amides is 2. The van der Waals surface area contributed by atoms with Crippen molar-refractivity contribution in [2.45, 2.75) is 26.3 Å².